The van der Waals surface area contributed by atoms with Crippen LogP contribution in [0.25, 0.3) is 10.2 Å². The van der Waals surface area contributed by atoms with E-state index in [0.29, 0.717) is 58.5 Å². The van der Waals surface area contributed by atoms with Crippen LogP contribution in [0.15, 0.2) is 116 Å². The number of carbonyl (C=O) groups excluding carboxylic acids is 3. The van der Waals surface area contributed by atoms with Gasteiger partial charge in [-0.1, -0.05) is 36.9 Å². The summed E-state index contributed by atoms with van der Waals surface area (Å²) in [7, 11) is 0. The Labute approximate surface area is 419 Å². The van der Waals surface area contributed by atoms with Crippen molar-refractivity contribution in [2.75, 3.05) is 74.9 Å². The molecule has 0 spiro atoms. The maximum Gasteiger partial charge on any atom is 0.263 e. The van der Waals surface area contributed by atoms with Gasteiger partial charge in [-0.05, 0) is 147 Å². The van der Waals surface area contributed by atoms with Crippen LogP contribution in [0.4, 0.5) is 17.1 Å². The van der Waals surface area contributed by atoms with Gasteiger partial charge in [0.05, 0.1) is 11.4 Å². The Morgan fingerprint density at radius 1 is 0.831 bits per heavy atom. The number of nitrogens with two attached hydrogens (primary N) is 1. The van der Waals surface area contributed by atoms with Crippen molar-refractivity contribution < 1.29 is 23.9 Å². The van der Waals surface area contributed by atoms with Crippen LogP contribution in [0.5, 0.6) is 17.2 Å². The molecule has 2 aromatic heterocycles. The first-order valence-electron chi connectivity index (χ1n) is 25.1. The van der Waals surface area contributed by atoms with Gasteiger partial charge in [0.1, 0.15) is 27.8 Å². The lowest BCUT2D eigenvalue weighted by Gasteiger charge is -2.35. The SMILES string of the molecule is C=CC(=O)NCc1ccc(C(=O)Nc2ccccc2Oc2ccc(OCCN3CCN(CCCc4ccc5c(N)c(C(=O)NC6CCc7cc(N8CC9CC[C@H](C8)N9)ccc7C6)sc5n4)CC3)cc2)cc1. The van der Waals surface area contributed by atoms with E-state index in [4.69, 9.17) is 20.2 Å². The summed E-state index contributed by atoms with van der Waals surface area (Å²) in [5.74, 6) is 1.28. The molecule has 3 fully saturated rings. The molecule has 2 unspecified atom stereocenters. The smallest absolute Gasteiger partial charge is 0.263 e. The van der Waals surface area contributed by atoms with Gasteiger partial charge in [-0.25, -0.2) is 4.98 Å². The maximum absolute atomic E-state index is 13.6. The Bertz CT molecular complexity index is 2850. The molecule has 5 heterocycles. The Morgan fingerprint density at radius 3 is 2.35 bits per heavy atom. The Hall–Kier alpha value is -6.78. The molecule has 6 aromatic rings. The number of amides is 3. The number of aryl methyl sites for hydroxylation is 2. The number of carbonyl (C=O) groups is 3. The third-order valence-corrected chi connectivity index (χ3v) is 15.4. The molecule has 4 aromatic carbocycles. The predicted octanol–water partition coefficient (Wildman–Crippen LogP) is 7.58. The van der Waals surface area contributed by atoms with Crippen LogP contribution in [0.3, 0.4) is 0 Å². The first-order valence-corrected chi connectivity index (χ1v) is 25.9. The van der Waals surface area contributed by atoms with E-state index in [2.05, 4.69) is 66.8 Å². The zero-order valence-electron chi connectivity index (χ0n) is 40.2. The minimum atomic E-state index is -0.272. The fourth-order valence-electron chi connectivity index (χ4n) is 10.3. The van der Waals surface area contributed by atoms with Gasteiger partial charge in [0, 0.05) is 92.8 Å². The molecule has 14 nitrogen and oxygen atoms in total. The van der Waals surface area contributed by atoms with Crippen molar-refractivity contribution in [1.29, 1.82) is 0 Å². The van der Waals surface area contributed by atoms with Crippen molar-refractivity contribution in [3.8, 4) is 17.2 Å². The minimum Gasteiger partial charge on any atom is -0.492 e. The van der Waals surface area contributed by atoms with Crippen LogP contribution < -0.4 is 41.4 Å². The van der Waals surface area contributed by atoms with Gasteiger partial charge in [0.25, 0.3) is 11.8 Å². The predicted molar refractivity (Wildman–Crippen MR) is 282 cm³/mol. The van der Waals surface area contributed by atoms with Crippen molar-refractivity contribution in [2.24, 2.45) is 0 Å². The van der Waals surface area contributed by atoms with Crippen molar-refractivity contribution in [2.45, 2.75) is 69.6 Å². The highest BCUT2D eigenvalue weighted by atomic mass is 32.1. The van der Waals surface area contributed by atoms with Crippen LogP contribution in [-0.2, 0) is 30.6 Å². The standard InChI is InChI=1S/C56H63N9O5S/c1-2-51(66)58-34-37-9-11-38(12-10-37)54(67)62-49-7-3-4-8-50(49)70-47-22-20-46(21-23-47)69-31-30-64-28-26-63(27-29-64)25-5-6-41-18-24-48-52(57)53(71-56(48)61-41)55(68)60-42-15-13-40-33-45(19-14-39(40)32-42)65-35-43-16-17-44(36-65)59-43/h2-4,7-12,14,18-24,33,42-44,59H,1,5-6,13,15-17,25-32,34-36,57H2,(H,58,66)(H,60,68)(H,62,67)/t42?,43-,44?/m1/s1. The van der Waals surface area contributed by atoms with Crippen LogP contribution in [0.2, 0.25) is 0 Å². The molecule has 15 heteroatoms. The topological polar surface area (TPSA) is 166 Å². The van der Waals surface area contributed by atoms with Gasteiger partial charge in [0.2, 0.25) is 5.91 Å². The number of thiophene rings is 1. The highest BCUT2D eigenvalue weighted by molar-refractivity contribution is 7.21. The van der Waals surface area contributed by atoms with E-state index in [1.807, 2.05) is 48.5 Å². The van der Waals surface area contributed by atoms with Crippen LogP contribution in [-0.4, -0.2) is 110 Å². The molecule has 2 bridgehead atoms. The first-order chi connectivity index (χ1) is 34.7. The van der Waals surface area contributed by atoms with Crippen LogP contribution >= 0.6 is 11.3 Å². The Kier molecular flexibility index (Phi) is 14.9. The number of fused-ring (bicyclic) bond motifs is 4. The first kappa shape index (κ1) is 47.9. The molecule has 3 aliphatic heterocycles. The van der Waals surface area contributed by atoms with E-state index in [1.54, 1.807) is 30.3 Å². The highest BCUT2D eigenvalue weighted by Crippen LogP contribution is 2.35. The number of benzene rings is 4. The highest BCUT2D eigenvalue weighted by Gasteiger charge is 2.33. The van der Waals surface area contributed by atoms with E-state index in [1.165, 1.54) is 47.1 Å². The lowest BCUT2D eigenvalue weighted by molar-refractivity contribution is -0.116. The number of nitrogens with one attached hydrogen (secondary N) is 4. The van der Waals surface area contributed by atoms with Crippen molar-refractivity contribution in [1.82, 2.24) is 30.7 Å². The number of hydrogen-bond acceptors (Lipinski definition) is 12. The van der Waals surface area contributed by atoms with Gasteiger partial charge in [0.15, 0.2) is 5.75 Å². The molecule has 4 aliphatic rings. The van der Waals surface area contributed by atoms with Gasteiger partial charge in [-0.2, -0.15) is 0 Å². The van der Waals surface area contributed by atoms with E-state index in [-0.39, 0.29) is 23.8 Å². The minimum absolute atomic E-state index is 0.0800. The Balaban J connectivity index is 0.622. The second kappa shape index (κ2) is 22.1. The van der Waals surface area contributed by atoms with Crippen LogP contribution in [0, 0.1) is 0 Å². The number of piperazine rings is 2. The number of rotatable bonds is 18. The summed E-state index contributed by atoms with van der Waals surface area (Å²) < 4.78 is 12.3. The molecule has 3 saturated heterocycles. The summed E-state index contributed by atoms with van der Waals surface area (Å²) in [4.78, 5) is 52.0. The average molecular weight is 974 g/mol. The molecular formula is C56H63N9O5S. The zero-order valence-corrected chi connectivity index (χ0v) is 41.0. The normalized spacial score (nSPS) is 18.9. The summed E-state index contributed by atoms with van der Waals surface area (Å²) in [6.45, 7) is 12.4. The maximum atomic E-state index is 13.6. The lowest BCUT2D eigenvalue weighted by atomic mass is 9.87. The molecule has 0 radical (unpaired) electrons. The number of nitrogens with zero attached hydrogens (tertiary/aromatic N) is 4. The fourth-order valence-corrected chi connectivity index (χ4v) is 11.3. The third-order valence-electron chi connectivity index (χ3n) is 14.3. The molecule has 1 aliphatic carbocycles. The van der Waals surface area contributed by atoms with E-state index >= 15 is 0 Å². The van der Waals surface area contributed by atoms with Gasteiger partial charge in [-0.3, -0.25) is 19.3 Å². The second-order valence-electron chi connectivity index (χ2n) is 19.2. The van der Waals surface area contributed by atoms with Crippen molar-refractivity contribution >= 4 is 56.3 Å². The largest absolute Gasteiger partial charge is 0.492 e. The van der Waals surface area contributed by atoms with E-state index in [0.717, 1.165) is 112 Å². The molecule has 6 N–H and O–H groups in total. The number of pyridine rings is 1. The fraction of sp³-hybridized carbons (Fsp3) is 0.357. The number of aromatic nitrogens is 1. The van der Waals surface area contributed by atoms with Crippen molar-refractivity contribution in [3.63, 3.8) is 0 Å². The summed E-state index contributed by atoms with van der Waals surface area (Å²) >= 11 is 1.40. The second-order valence-corrected chi connectivity index (χ2v) is 20.2. The molecule has 10 rings (SSSR count). The number of anilines is 3. The van der Waals surface area contributed by atoms with Gasteiger partial charge < -0.3 is 46.3 Å². The average Bonchev–Trinajstić information content (AvgIpc) is 3.92. The zero-order chi connectivity index (χ0) is 48.7. The summed E-state index contributed by atoms with van der Waals surface area (Å²) in [5, 5.41) is 13.6. The molecule has 3 atom stereocenters. The third kappa shape index (κ3) is 11.9. The number of nitrogen functional groups attached to an aromatic ring is 1. The van der Waals surface area contributed by atoms with E-state index in [9.17, 15) is 14.4 Å². The number of para-hydroxylation sites is 2. The monoisotopic (exact) mass is 973 g/mol. The summed E-state index contributed by atoms with van der Waals surface area (Å²) in [6, 6.07) is 34.2. The summed E-state index contributed by atoms with van der Waals surface area (Å²) in [5.41, 5.74) is 14.1. The van der Waals surface area contributed by atoms with Gasteiger partial charge >= 0.3 is 0 Å². The molecule has 368 valence electrons. The number of hydrogen-bond donors (Lipinski definition) is 5. The molecule has 71 heavy (non-hydrogen) atoms. The molecule has 0 saturated carbocycles. The quantitative estimate of drug-likeness (QED) is 0.0539. The number of ether oxygens (including phenoxy) is 2. The lowest BCUT2D eigenvalue weighted by Crippen LogP contribution is -2.51. The summed E-state index contributed by atoms with van der Waals surface area (Å²) in [6.07, 6.45) is 8.37. The van der Waals surface area contributed by atoms with Crippen molar-refractivity contribution in [3.05, 3.63) is 149 Å². The van der Waals surface area contributed by atoms with Crippen LogP contribution in [0.1, 0.15) is 68.1 Å². The Morgan fingerprint density at radius 2 is 1.58 bits per heavy atom. The molecule has 3 amide bonds. The van der Waals surface area contributed by atoms with E-state index < -0.39 is 0 Å². The molecular weight excluding hydrogens is 911 g/mol. The van der Waals surface area contributed by atoms with Gasteiger partial charge in [-0.15, -0.1) is 11.3 Å².